The maximum atomic E-state index is 12.3. The highest BCUT2D eigenvalue weighted by Crippen LogP contribution is 2.23. The lowest BCUT2D eigenvalue weighted by Gasteiger charge is -2.25. The average molecular weight is 380 g/mol. The van der Waals surface area contributed by atoms with E-state index in [0.717, 1.165) is 11.1 Å². The van der Waals surface area contributed by atoms with Crippen LogP contribution in [0, 0.1) is 11.3 Å². The summed E-state index contributed by atoms with van der Waals surface area (Å²) in [6, 6.07) is 6.27. The van der Waals surface area contributed by atoms with Gasteiger partial charge >= 0.3 is 6.09 Å². The van der Waals surface area contributed by atoms with Crippen LogP contribution in [0.4, 0.5) is 16.2 Å². The summed E-state index contributed by atoms with van der Waals surface area (Å²) in [5.41, 5.74) is 10.8. The summed E-state index contributed by atoms with van der Waals surface area (Å²) in [5, 5.41) is 12.1. The molecule has 0 heterocycles. The zero-order valence-corrected chi connectivity index (χ0v) is 15.6. The molecule has 0 saturated carbocycles. The lowest BCUT2D eigenvalue weighted by Crippen LogP contribution is -2.37. The number of carbonyl (C=O) groups excluding carboxylic acids is 2. The third-order valence-electron chi connectivity index (χ3n) is 2.91. The van der Waals surface area contributed by atoms with Gasteiger partial charge in [-0.15, -0.1) is 0 Å². The number of nitrogens with two attached hydrogens (primary N) is 2. The Bertz CT molecular complexity index is 750. The van der Waals surface area contributed by atoms with Crippen LogP contribution in [0.2, 0.25) is 5.02 Å². The van der Waals surface area contributed by atoms with Gasteiger partial charge < -0.3 is 21.5 Å². The molecule has 0 bridgehead atoms. The second kappa shape index (κ2) is 9.08. The molecule has 1 rings (SSSR count). The molecule has 1 aromatic rings. The van der Waals surface area contributed by atoms with Crippen LogP contribution in [0.5, 0.6) is 0 Å². The summed E-state index contributed by atoms with van der Waals surface area (Å²) in [6.07, 6.45) is 0.397. The van der Waals surface area contributed by atoms with E-state index in [1.807, 2.05) is 0 Å². The molecule has 0 aliphatic rings. The summed E-state index contributed by atoms with van der Waals surface area (Å²) >= 11 is 5.90. The van der Waals surface area contributed by atoms with E-state index >= 15 is 0 Å². The third-order valence-corrected chi connectivity index (χ3v) is 3.23. The number of carbonyl (C=O) groups is 2. The van der Waals surface area contributed by atoms with Crippen LogP contribution in [0.15, 0.2) is 30.0 Å². The number of halogens is 1. The molecule has 5 N–H and O–H groups in total. The Morgan fingerprint density at radius 3 is 2.58 bits per heavy atom. The second-order valence-corrected chi connectivity index (χ2v) is 6.71. The van der Waals surface area contributed by atoms with Gasteiger partial charge in [-0.05, 0) is 39.0 Å². The van der Waals surface area contributed by atoms with Crippen molar-refractivity contribution in [1.82, 2.24) is 4.90 Å². The molecule has 8 nitrogen and oxygen atoms in total. The van der Waals surface area contributed by atoms with Gasteiger partial charge in [-0.2, -0.15) is 5.26 Å². The minimum absolute atomic E-state index is 0.0844. The van der Waals surface area contributed by atoms with Crippen molar-refractivity contribution >= 4 is 35.0 Å². The average Bonchev–Trinajstić information content (AvgIpc) is 2.53. The molecule has 0 aliphatic carbocycles. The van der Waals surface area contributed by atoms with E-state index in [9.17, 15) is 14.9 Å². The third kappa shape index (κ3) is 6.63. The molecule has 140 valence electrons. The zero-order valence-electron chi connectivity index (χ0n) is 14.9. The first-order valence-electron chi connectivity index (χ1n) is 7.75. The van der Waals surface area contributed by atoms with E-state index < -0.39 is 17.6 Å². The number of anilines is 2. The van der Waals surface area contributed by atoms with Crippen LogP contribution in [0.3, 0.4) is 0 Å². The Labute approximate surface area is 157 Å². The Morgan fingerprint density at radius 2 is 2.08 bits per heavy atom. The Balaban J connectivity index is 3.00. The van der Waals surface area contributed by atoms with Crippen molar-refractivity contribution in [2.24, 2.45) is 5.73 Å². The molecule has 0 unspecified atom stereocenters. The molecule has 26 heavy (non-hydrogen) atoms. The molecule has 0 atom stereocenters. The highest BCUT2D eigenvalue weighted by molar-refractivity contribution is 6.33. The van der Waals surface area contributed by atoms with E-state index in [0.29, 0.717) is 11.4 Å². The molecule has 0 radical (unpaired) electrons. The van der Waals surface area contributed by atoms with Crippen molar-refractivity contribution < 1.29 is 14.3 Å². The molecule has 2 amide bonds. The highest BCUT2D eigenvalue weighted by Gasteiger charge is 2.22. The van der Waals surface area contributed by atoms with E-state index in [-0.39, 0.29) is 23.7 Å². The number of rotatable bonds is 5. The lowest BCUT2D eigenvalue weighted by molar-refractivity contribution is -0.112. The SMILES string of the molecule is CC(C)(C)OC(=O)N(/C=C(/C#N)C(=O)Nc1ccc(N)c(Cl)c1)CCN. The van der Waals surface area contributed by atoms with Gasteiger partial charge in [0.2, 0.25) is 0 Å². The minimum Gasteiger partial charge on any atom is -0.443 e. The molecule has 0 saturated heterocycles. The van der Waals surface area contributed by atoms with Crippen molar-refractivity contribution in [2.75, 3.05) is 24.1 Å². The topological polar surface area (TPSA) is 134 Å². The van der Waals surface area contributed by atoms with Crippen molar-refractivity contribution in [3.05, 3.63) is 35.0 Å². The summed E-state index contributed by atoms with van der Waals surface area (Å²) in [4.78, 5) is 25.6. The lowest BCUT2D eigenvalue weighted by atomic mass is 10.2. The standard InChI is InChI=1S/C17H22ClN5O3/c1-17(2,3)26-16(25)23(7-6-19)10-11(9-20)15(24)22-12-4-5-14(21)13(18)8-12/h4-5,8,10H,6-7,19,21H2,1-3H3,(H,22,24)/b11-10-. The van der Waals surface area contributed by atoms with Crippen LogP contribution in [-0.2, 0) is 9.53 Å². The Kier molecular flexibility index (Phi) is 7.43. The van der Waals surface area contributed by atoms with Crippen LogP contribution >= 0.6 is 11.6 Å². The van der Waals surface area contributed by atoms with Crippen LogP contribution < -0.4 is 16.8 Å². The normalized spacial score (nSPS) is 11.5. The molecular weight excluding hydrogens is 358 g/mol. The number of nitrogen functional groups attached to an aromatic ring is 1. The van der Waals surface area contributed by atoms with E-state index in [4.69, 9.17) is 27.8 Å². The molecule has 0 spiro atoms. The van der Waals surface area contributed by atoms with Gasteiger partial charge in [-0.3, -0.25) is 9.69 Å². The highest BCUT2D eigenvalue weighted by atomic mass is 35.5. The fraction of sp³-hybridized carbons (Fsp3) is 0.353. The van der Waals surface area contributed by atoms with Crippen molar-refractivity contribution in [2.45, 2.75) is 26.4 Å². The fourth-order valence-electron chi connectivity index (χ4n) is 1.77. The van der Waals surface area contributed by atoms with E-state index in [1.54, 1.807) is 32.9 Å². The first kappa shape index (κ1) is 21.3. The van der Waals surface area contributed by atoms with Crippen LogP contribution in [0.1, 0.15) is 20.8 Å². The number of benzene rings is 1. The smallest absolute Gasteiger partial charge is 0.414 e. The predicted molar refractivity (Wildman–Crippen MR) is 100 cm³/mol. The molecule has 1 aromatic carbocycles. The predicted octanol–water partition coefficient (Wildman–Crippen LogP) is 2.46. The van der Waals surface area contributed by atoms with Gasteiger partial charge in [-0.1, -0.05) is 11.6 Å². The van der Waals surface area contributed by atoms with Crippen molar-refractivity contribution in [3.63, 3.8) is 0 Å². The van der Waals surface area contributed by atoms with Crippen LogP contribution in [-0.4, -0.2) is 35.6 Å². The van der Waals surface area contributed by atoms with Crippen LogP contribution in [0.25, 0.3) is 0 Å². The quantitative estimate of drug-likeness (QED) is 0.408. The maximum Gasteiger partial charge on any atom is 0.414 e. The van der Waals surface area contributed by atoms with Gasteiger partial charge in [0.25, 0.3) is 5.91 Å². The summed E-state index contributed by atoms with van der Waals surface area (Å²) in [7, 11) is 0. The number of nitrogens with zero attached hydrogens (tertiary/aromatic N) is 2. The van der Waals surface area contributed by atoms with Crippen molar-refractivity contribution in [1.29, 1.82) is 5.26 Å². The zero-order chi connectivity index (χ0) is 19.9. The number of nitrogens with one attached hydrogen (secondary N) is 1. The fourth-order valence-corrected chi connectivity index (χ4v) is 1.95. The van der Waals surface area contributed by atoms with Gasteiger partial charge in [0.15, 0.2) is 0 Å². The number of hydrogen-bond donors (Lipinski definition) is 3. The van der Waals surface area contributed by atoms with Gasteiger partial charge in [0.1, 0.15) is 17.2 Å². The number of hydrogen-bond acceptors (Lipinski definition) is 6. The molecule has 0 aromatic heterocycles. The van der Waals surface area contributed by atoms with Crippen molar-refractivity contribution in [3.8, 4) is 6.07 Å². The first-order valence-corrected chi connectivity index (χ1v) is 8.13. The summed E-state index contributed by atoms with van der Waals surface area (Å²) in [6.45, 7) is 5.33. The molecular formula is C17H22ClN5O3. The monoisotopic (exact) mass is 379 g/mol. The molecule has 0 fully saturated rings. The Morgan fingerprint density at radius 1 is 1.42 bits per heavy atom. The number of ether oxygens (including phenoxy) is 1. The molecule has 0 aliphatic heterocycles. The second-order valence-electron chi connectivity index (χ2n) is 6.31. The Hall–Kier alpha value is -2.76. The van der Waals surface area contributed by atoms with Gasteiger partial charge in [-0.25, -0.2) is 4.79 Å². The van der Waals surface area contributed by atoms with Gasteiger partial charge in [0.05, 0.1) is 10.7 Å². The number of amides is 2. The summed E-state index contributed by atoms with van der Waals surface area (Å²) < 4.78 is 5.24. The van der Waals surface area contributed by atoms with E-state index in [1.165, 1.54) is 12.1 Å². The largest absolute Gasteiger partial charge is 0.443 e. The van der Waals surface area contributed by atoms with Gasteiger partial charge in [0, 0.05) is 25.0 Å². The van der Waals surface area contributed by atoms with E-state index in [2.05, 4.69) is 5.32 Å². The molecule has 9 heteroatoms. The first-order chi connectivity index (χ1) is 12.1. The maximum absolute atomic E-state index is 12.3. The summed E-state index contributed by atoms with van der Waals surface area (Å²) in [5.74, 6) is -0.709. The number of nitriles is 1. The minimum atomic E-state index is -0.729.